The largest absolute Gasteiger partial charge is 0.349 e. The van der Waals surface area contributed by atoms with Crippen LogP contribution in [0.15, 0.2) is 0 Å². The summed E-state index contributed by atoms with van der Waals surface area (Å²) < 4.78 is 0. The summed E-state index contributed by atoms with van der Waals surface area (Å²) in [6.07, 6.45) is 1.03. The molecule has 2 N–H and O–H groups in total. The number of aromatic nitrogens is 1. The number of amides is 2. The smallest absolute Gasteiger partial charge is 0.242 e. The third-order valence-corrected chi connectivity index (χ3v) is 3.81. The van der Waals surface area contributed by atoms with E-state index in [4.69, 9.17) is 0 Å². The van der Waals surface area contributed by atoms with E-state index in [0.29, 0.717) is 19.4 Å². The van der Waals surface area contributed by atoms with E-state index in [1.165, 1.54) is 0 Å². The number of aryl methyl sites for hydroxylation is 2. The van der Waals surface area contributed by atoms with Gasteiger partial charge in [-0.25, -0.2) is 4.98 Å². The first kappa shape index (κ1) is 12.0. The number of hydrogen-bond donors (Lipinski definition) is 2. The van der Waals surface area contributed by atoms with Gasteiger partial charge >= 0.3 is 0 Å². The van der Waals surface area contributed by atoms with Crippen molar-refractivity contribution in [1.29, 1.82) is 0 Å². The Morgan fingerprint density at radius 2 is 2.35 bits per heavy atom. The van der Waals surface area contributed by atoms with Crippen molar-refractivity contribution in [1.82, 2.24) is 15.6 Å². The molecule has 0 radical (unpaired) electrons. The predicted molar refractivity (Wildman–Crippen MR) is 64.6 cm³/mol. The van der Waals surface area contributed by atoms with Crippen LogP contribution in [0.3, 0.4) is 0 Å². The van der Waals surface area contributed by atoms with E-state index in [1.807, 2.05) is 13.8 Å². The van der Waals surface area contributed by atoms with Gasteiger partial charge in [0.2, 0.25) is 11.8 Å². The Kier molecular flexibility index (Phi) is 3.42. The Morgan fingerprint density at radius 1 is 1.59 bits per heavy atom. The van der Waals surface area contributed by atoms with Gasteiger partial charge in [0.25, 0.3) is 0 Å². The minimum absolute atomic E-state index is 0.0463. The average molecular weight is 253 g/mol. The topological polar surface area (TPSA) is 71.1 Å². The van der Waals surface area contributed by atoms with E-state index in [2.05, 4.69) is 15.6 Å². The molecule has 0 aliphatic carbocycles. The number of carbonyl (C=O) groups excluding carboxylic acids is 2. The summed E-state index contributed by atoms with van der Waals surface area (Å²) in [4.78, 5) is 28.1. The van der Waals surface area contributed by atoms with Crippen molar-refractivity contribution >= 4 is 23.2 Å². The molecule has 2 heterocycles. The van der Waals surface area contributed by atoms with Gasteiger partial charge in [-0.05, 0) is 20.3 Å². The minimum Gasteiger partial charge on any atom is -0.349 e. The quantitative estimate of drug-likeness (QED) is 0.831. The van der Waals surface area contributed by atoms with Gasteiger partial charge in [0.1, 0.15) is 6.04 Å². The van der Waals surface area contributed by atoms with Crippen molar-refractivity contribution in [3.05, 3.63) is 15.6 Å². The lowest BCUT2D eigenvalue weighted by molar-refractivity contribution is -0.125. The molecule has 1 aliphatic heterocycles. The highest BCUT2D eigenvalue weighted by atomic mass is 32.1. The number of nitrogens with zero attached hydrogens (tertiary/aromatic N) is 1. The summed E-state index contributed by atoms with van der Waals surface area (Å²) in [5.41, 5.74) is 0.961. The Hall–Kier alpha value is -1.43. The van der Waals surface area contributed by atoms with Crippen molar-refractivity contribution in [2.24, 2.45) is 0 Å². The maximum absolute atomic E-state index is 11.7. The van der Waals surface area contributed by atoms with Gasteiger partial charge in [-0.3, -0.25) is 9.59 Å². The third kappa shape index (κ3) is 2.82. The maximum atomic E-state index is 11.7. The minimum atomic E-state index is -0.364. The monoisotopic (exact) mass is 253 g/mol. The molecular weight excluding hydrogens is 238 g/mol. The molecule has 2 amide bonds. The molecule has 1 aromatic heterocycles. The van der Waals surface area contributed by atoms with Gasteiger partial charge in [0.15, 0.2) is 0 Å². The summed E-state index contributed by atoms with van der Waals surface area (Å²) in [6, 6.07) is -0.364. The number of hydrogen-bond acceptors (Lipinski definition) is 4. The van der Waals surface area contributed by atoms with Gasteiger partial charge in [-0.1, -0.05) is 0 Å². The van der Waals surface area contributed by atoms with Crippen molar-refractivity contribution in [2.75, 3.05) is 0 Å². The standard InChI is InChI=1S/C11H15N3O2S/c1-6-9(17-7(2)13-6)5-12-11(16)8-3-4-10(15)14-8/h8H,3-5H2,1-2H3,(H,12,16)(H,14,15). The molecule has 1 unspecified atom stereocenters. The van der Waals surface area contributed by atoms with Crippen LogP contribution in [0.4, 0.5) is 0 Å². The molecule has 1 fully saturated rings. The molecule has 1 saturated heterocycles. The van der Waals surface area contributed by atoms with E-state index in [1.54, 1.807) is 11.3 Å². The molecule has 6 heteroatoms. The summed E-state index contributed by atoms with van der Waals surface area (Å²) in [5, 5.41) is 6.48. The fraction of sp³-hybridized carbons (Fsp3) is 0.545. The summed E-state index contributed by atoms with van der Waals surface area (Å²) in [5.74, 6) is -0.156. The first-order valence-electron chi connectivity index (χ1n) is 5.56. The zero-order valence-electron chi connectivity index (χ0n) is 9.87. The molecule has 0 saturated carbocycles. The van der Waals surface area contributed by atoms with Gasteiger partial charge in [0, 0.05) is 11.3 Å². The van der Waals surface area contributed by atoms with Crippen LogP contribution in [0.5, 0.6) is 0 Å². The van der Waals surface area contributed by atoms with Crippen molar-refractivity contribution < 1.29 is 9.59 Å². The summed E-state index contributed by atoms with van der Waals surface area (Å²) in [6.45, 7) is 4.37. The number of nitrogens with one attached hydrogen (secondary N) is 2. The second-order valence-electron chi connectivity index (χ2n) is 4.12. The predicted octanol–water partition coefficient (Wildman–Crippen LogP) is 0.655. The molecule has 0 aromatic carbocycles. The zero-order valence-corrected chi connectivity index (χ0v) is 10.7. The van der Waals surface area contributed by atoms with Crippen LogP contribution >= 0.6 is 11.3 Å². The van der Waals surface area contributed by atoms with Crippen molar-refractivity contribution in [3.8, 4) is 0 Å². The second kappa shape index (κ2) is 4.83. The van der Waals surface area contributed by atoms with Gasteiger partial charge in [0.05, 0.1) is 17.2 Å². The fourth-order valence-corrected chi connectivity index (χ4v) is 2.72. The third-order valence-electron chi connectivity index (χ3n) is 2.73. The number of rotatable bonds is 3. The average Bonchev–Trinajstić information content (AvgIpc) is 2.82. The molecule has 5 nitrogen and oxygen atoms in total. The van der Waals surface area contributed by atoms with Crippen LogP contribution in [0.1, 0.15) is 28.4 Å². The first-order valence-corrected chi connectivity index (χ1v) is 6.38. The van der Waals surface area contributed by atoms with Crippen LogP contribution in [-0.2, 0) is 16.1 Å². The van der Waals surface area contributed by atoms with E-state index >= 15 is 0 Å². The molecule has 92 valence electrons. The normalized spacial score (nSPS) is 19.2. The molecule has 1 atom stereocenters. The van der Waals surface area contributed by atoms with Crippen LogP contribution in [0.2, 0.25) is 0 Å². The summed E-state index contributed by atoms with van der Waals surface area (Å²) >= 11 is 1.59. The second-order valence-corrected chi connectivity index (χ2v) is 5.41. The highest BCUT2D eigenvalue weighted by molar-refractivity contribution is 7.11. The maximum Gasteiger partial charge on any atom is 0.242 e. The van der Waals surface area contributed by atoms with Crippen LogP contribution in [0, 0.1) is 13.8 Å². The summed E-state index contributed by atoms with van der Waals surface area (Å²) in [7, 11) is 0. The molecule has 0 spiro atoms. The Bertz CT molecular complexity index is 456. The molecule has 0 bridgehead atoms. The zero-order chi connectivity index (χ0) is 12.4. The van der Waals surface area contributed by atoms with E-state index in [0.717, 1.165) is 15.6 Å². The van der Waals surface area contributed by atoms with Crippen molar-refractivity contribution in [2.45, 2.75) is 39.3 Å². The number of thiazole rings is 1. The van der Waals surface area contributed by atoms with Crippen LogP contribution in [-0.4, -0.2) is 22.8 Å². The highest BCUT2D eigenvalue weighted by Crippen LogP contribution is 2.16. The number of carbonyl (C=O) groups is 2. The van der Waals surface area contributed by atoms with Crippen molar-refractivity contribution in [3.63, 3.8) is 0 Å². The lowest BCUT2D eigenvalue weighted by Gasteiger charge is -2.10. The van der Waals surface area contributed by atoms with Crippen LogP contribution < -0.4 is 10.6 Å². The van der Waals surface area contributed by atoms with Gasteiger partial charge < -0.3 is 10.6 Å². The molecular formula is C11H15N3O2S. The molecule has 1 aromatic rings. The molecule has 17 heavy (non-hydrogen) atoms. The van der Waals surface area contributed by atoms with Crippen LogP contribution in [0.25, 0.3) is 0 Å². The fourth-order valence-electron chi connectivity index (χ4n) is 1.84. The Morgan fingerprint density at radius 3 is 2.88 bits per heavy atom. The SMILES string of the molecule is Cc1nc(C)c(CNC(=O)C2CCC(=O)N2)s1. The highest BCUT2D eigenvalue weighted by Gasteiger charge is 2.26. The van der Waals surface area contributed by atoms with E-state index < -0.39 is 0 Å². The first-order chi connectivity index (χ1) is 8.06. The lowest BCUT2D eigenvalue weighted by Crippen LogP contribution is -2.41. The lowest BCUT2D eigenvalue weighted by atomic mass is 10.2. The Balaban J connectivity index is 1.88. The van der Waals surface area contributed by atoms with Gasteiger partial charge in [-0.15, -0.1) is 11.3 Å². The van der Waals surface area contributed by atoms with Gasteiger partial charge in [-0.2, -0.15) is 0 Å². The van der Waals surface area contributed by atoms with E-state index in [9.17, 15) is 9.59 Å². The Labute approximate surface area is 104 Å². The van der Waals surface area contributed by atoms with E-state index in [-0.39, 0.29) is 17.9 Å². The molecule has 1 aliphatic rings. The molecule has 2 rings (SSSR count).